The van der Waals surface area contributed by atoms with Crippen molar-refractivity contribution < 1.29 is 14.0 Å². The second-order valence-corrected chi connectivity index (χ2v) is 2.66. The third-order valence-corrected chi connectivity index (χ3v) is 1.64. The second kappa shape index (κ2) is 5.58. The number of amides is 3. The third-order valence-electron chi connectivity index (χ3n) is 1.64. The first-order valence-corrected chi connectivity index (χ1v) is 4.20. The van der Waals surface area contributed by atoms with Crippen LogP contribution in [0.5, 0.6) is 0 Å². The Morgan fingerprint density at radius 3 is 2.80 bits per heavy atom. The Balaban J connectivity index is 2.40. The van der Waals surface area contributed by atoms with Gasteiger partial charge in [-0.05, 0) is 6.07 Å². The summed E-state index contributed by atoms with van der Waals surface area (Å²) in [5, 5.41) is 2.36. The minimum atomic E-state index is -0.606. The maximum Gasteiger partial charge on any atom is 0.333 e. The molecule has 0 bridgehead atoms. The minimum absolute atomic E-state index is 0.0546. The molecule has 0 heterocycles. The molecule has 0 saturated carbocycles. The maximum atomic E-state index is 13.0. The highest BCUT2D eigenvalue weighted by Gasteiger charge is 2.02. The third kappa shape index (κ3) is 3.63. The fourth-order valence-electron chi connectivity index (χ4n) is 0.956. The summed E-state index contributed by atoms with van der Waals surface area (Å²) in [6.07, 6.45) is 0.322. The Kier molecular flexibility index (Phi) is 4.08. The summed E-state index contributed by atoms with van der Waals surface area (Å²) in [7, 11) is 0. The fourth-order valence-corrected chi connectivity index (χ4v) is 0.956. The topological polar surface area (TPSA) is 70.2 Å². The predicted molar refractivity (Wildman–Crippen MR) is 51.0 cm³/mol. The fraction of sp³-hybridized carbons (Fsp3) is 0.111. The molecular weight excluding hydrogens is 201 g/mol. The van der Waals surface area contributed by atoms with Gasteiger partial charge in [0.15, 0.2) is 0 Å². The van der Waals surface area contributed by atoms with Crippen molar-refractivity contribution in [2.45, 2.75) is 6.54 Å². The summed E-state index contributed by atoms with van der Waals surface area (Å²) in [5.74, 6) is -0.388. The first-order valence-electron chi connectivity index (χ1n) is 4.20. The number of hydrogen-bond donors (Lipinski definition) is 3. The van der Waals surface area contributed by atoms with Crippen LogP contribution >= 0.6 is 0 Å². The van der Waals surface area contributed by atoms with Crippen LogP contribution in [0.25, 0.3) is 0 Å². The van der Waals surface area contributed by atoms with Crippen molar-refractivity contribution in [3.8, 4) is 0 Å². The Labute approximate surface area is 85.6 Å². The lowest BCUT2D eigenvalue weighted by atomic mass is 10.2. The summed E-state index contributed by atoms with van der Waals surface area (Å²) in [6, 6.07) is 5.49. The number of halogens is 1. The molecule has 0 saturated heterocycles. The molecule has 0 aromatic heterocycles. The maximum absolute atomic E-state index is 13.0. The zero-order chi connectivity index (χ0) is 11.1. The standard InChI is InChI=1S/C9H10FN3O2/c10-8-4-2-1-3-7(8)5-11-9(15)13-12-6-14/h1-4,6H,5H2,(H,12,14)(H2,11,13,15). The van der Waals surface area contributed by atoms with E-state index in [0.717, 1.165) is 0 Å². The van der Waals surface area contributed by atoms with Gasteiger partial charge in [0, 0.05) is 12.1 Å². The number of urea groups is 1. The lowest BCUT2D eigenvalue weighted by molar-refractivity contribution is -0.110. The number of rotatable bonds is 4. The number of hydrogen-bond acceptors (Lipinski definition) is 2. The van der Waals surface area contributed by atoms with Crippen LogP contribution in [0.15, 0.2) is 24.3 Å². The minimum Gasteiger partial charge on any atom is -0.333 e. The first kappa shape index (κ1) is 11.0. The van der Waals surface area contributed by atoms with Gasteiger partial charge in [-0.25, -0.2) is 14.6 Å². The van der Waals surface area contributed by atoms with Crippen LogP contribution in [0.4, 0.5) is 9.18 Å². The van der Waals surface area contributed by atoms with E-state index < -0.39 is 6.03 Å². The molecule has 80 valence electrons. The highest BCUT2D eigenvalue weighted by molar-refractivity contribution is 5.74. The Morgan fingerprint density at radius 1 is 1.40 bits per heavy atom. The van der Waals surface area contributed by atoms with Gasteiger partial charge >= 0.3 is 6.03 Å². The van der Waals surface area contributed by atoms with Gasteiger partial charge in [-0.3, -0.25) is 10.2 Å². The number of carbonyl (C=O) groups is 2. The van der Waals surface area contributed by atoms with E-state index in [9.17, 15) is 14.0 Å². The zero-order valence-electron chi connectivity index (χ0n) is 7.79. The van der Waals surface area contributed by atoms with E-state index in [1.165, 1.54) is 6.07 Å². The lowest BCUT2D eigenvalue weighted by Crippen LogP contribution is -2.43. The second-order valence-electron chi connectivity index (χ2n) is 2.66. The van der Waals surface area contributed by atoms with Gasteiger partial charge in [-0.2, -0.15) is 0 Å². The van der Waals surface area contributed by atoms with E-state index in [2.05, 4.69) is 5.32 Å². The van der Waals surface area contributed by atoms with Gasteiger partial charge < -0.3 is 5.32 Å². The lowest BCUT2D eigenvalue weighted by Gasteiger charge is -2.06. The van der Waals surface area contributed by atoms with Crippen LogP contribution in [0, 0.1) is 5.82 Å². The van der Waals surface area contributed by atoms with Crippen molar-refractivity contribution >= 4 is 12.4 Å². The van der Waals surface area contributed by atoms with Crippen LogP contribution in [-0.4, -0.2) is 12.4 Å². The molecule has 0 aliphatic rings. The van der Waals surface area contributed by atoms with Gasteiger partial charge in [0.2, 0.25) is 6.41 Å². The summed E-state index contributed by atoms with van der Waals surface area (Å²) in [6.45, 7) is 0.0546. The molecule has 0 atom stereocenters. The van der Waals surface area contributed by atoms with Crippen LogP contribution in [0.2, 0.25) is 0 Å². The average molecular weight is 211 g/mol. The van der Waals surface area contributed by atoms with Crippen LogP contribution in [0.1, 0.15) is 5.56 Å². The SMILES string of the molecule is O=CNNC(=O)NCc1ccccc1F. The number of hydrazine groups is 1. The molecule has 0 aliphatic heterocycles. The number of carbonyl (C=O) groups excluding carboxylic acids is 2. The molecule has 1 aromatic rings. The highest BCUT2D eigenvalue weighted by atomic mass is 19.1. The quantitative estimate of drug-likeness (QED) is 0.494. The molecular formula is C9H10FN3O2. The monoisotopic (exact) mass is 211 g/mol. The molecule has 0 spiro atoms. The molecule has 3 N–H and O–H groups in total. The largest absolute Gasteiger partial charge is 0.333 e. The van der Waals surface area contributed by atoms with E-state index in [1.807, 2.05) is 10.9 Å². The molecule has 0 unspecified atom stereocenters. The first-order chi connectivity index (χ1) is 7.24. The number of benzene rings is 1. The molecule has 3 amide bonds. The van der Waals surface area contributed by atoms with Crippen molar-refractivity contribution in [2.24, 2.45) is 0 Å². The summed E-state index contributed by atoms with van der Waals surface area (Å²) < 4.78 is 13.0. The van der Waals surface area contributed by atoms with Crippen LogP contribution in [0.3, 0.4) is 0 Å². The van der Waals surface area contributed by atoms with E-state index in [-0.39, 0.29) is 12.4 Å². The van der Waals surface area contributed by atoms with E-state index >= 15 is 0 Å². The van der Waals surface area contributed by atoms with E-state index in [4.69, 9.17) is 0 Å². The molecule has 0 aliphatic carbocycles. The molecule has 15 heavy (non-hydrogen) atoms. The number of nitrogens with one attached hydrogen (secondary N) is 3. The zero-order valence-corrected chi connectivity index (χ0v) is 7.79. The average Bonchev–Trinajstić information content (AvgIpc) is 2.25. The van der Waals surface area contributed by atoms with Gasteiger partial charge in [-0.1, -0.05) is 18.2 Å². The van der Waals surface area contributed by atoms with Crippen molar-refractivity contribution in [1.29, 1.82) is 0 Å². The Bertz CT molecular complexity index is 357. The van der Waals surface area contributed by atoms with E-state index in [1.54, 1.807) is 18.2 Å². The van der Waals surface area contributed by atoms with Crippen molar-refractivity contribution in [2.75, 3.05) is 0 Å². The predicted octanol–water partition coefficient (Wildman–Crippen LogP) is 0.286. The molecule has 0 fully saturated rings. The highest BCUT2D eigenvalue weighted by Crippen LogP contribution is 2.04. The van der Waals surface area contributed by atoms with E-state index in [0.29, 0.717) is 12.0 Å². The van der Waals surface area contributed by atoms with Gasteiger partial charge in [0.05, 0.1) is 0 Å². The summed E-state index contributed by atoms with van der Waals surface area (Å²) in [5.41, 5.74) is 4.37. The summed E-state index contributed by atoms with van der Waals surface area (Å²) >= 11 is 0. The van der Waals surface area contributed by atoms with Crippen molar-refractivity contribution in [1.82, 2.24) is 16.2 Å². The Hall–Kier alpha value is -2.11. The van der Waals surface area contributed by atoms with Crippen molar-refractivity contribution in [3.05, 3.63) is 35.6 Å². The van der Waals surface area contributed by atoms with Crippen molar-refractivity contribution in [3.63, 3.8) is 0 Å². The molecule has 5 nitrogen and oxygen atoms in total. The van der Waals surface area contributed by atoms with Crippen LogP contribution in [-0.2, 0) is 11.3 Å². The smallest absolute Gasteiger partial charge is 0.333 e. The molecule has 0 radical (unpaired) electrons. The van der Waals surface area contributed by atoms with Gasteiger partial charge in [-0.15, -0.1) is 0 Å². The molecule has 1 rings (SSSR count). The Morgan fingerprint density at radius 2 is 2.13 bits per heavy atom. The normalized spacial score (nSPS) is 9.13. The van der Waals surface area contributed by atoms with Crippen LogP contribution < -0.4 is 16.2 Å². The summed E-state index contributed by atoms with van der Waals surface area (Å²) in [4.78, 5) is 20.7. The van der Waals surface area contributed by atoms with Gasteiger partial charge in [0.1, 0.15) is 5.82 Å². The molecule has 1 aromatic carbocycles. The molecule has 6 heteroatoms. The van der Waals surface area contributed by atoms with Gasteiger partial charge in [0.25, 0.3) is 0 Å².